The third kappa shape index (κ3) is 6.01. The predicted molar refractivity (Wildman–Crippen MR) is 102 cm³/mol. The highest BCUT2D eigenvalue weighted by Gasteiger charge is 2.47. The number of halogens is 5. The Morgan fingerprint density at radius 2 is 1.45 bits per heavy atom. The Labute approximate surface area is 176 Å². The first-order valence-corrected chi connectivity index (χ1v) is 9.75. The zero-order chi connectivity index (χ0) is 22.6. The van der Waals surface area contributed by atoms with E-state index in [2.05, 4.69) is 5.32 Å². The molecule has 0 unspecified atom stereocenters. The van der Waals surface area contributed by atoms with Crippen LogP contribution in [0.15, 0.2) is 48.5 Å². The van der Waals surface area contributed by atoms with Gasteiger partial charge in [-0.2, -0.15) is 13.2 Å². The van der Waals surface area contributed by atoms with Crippen LogP contribution in [0.2, 0.25) is 0 Å². The van der Waals surface area contributed by atoms with Crippen LogP contribution in [0.25, 0.3) is 0 Å². The molecule has 168 valence electrons. The molecule has 1 aliphatic carbocycles. The summed E-state index contributed by atoms with van der Waals surface area (Å²) in [6, 6.07) is 12.8. The van der Waals surface area contributed by atoms with E-state index in [1.165, 1.54) is 30.7 Å². The van der Waals surface area contributed by atoms with E-state index in [1.807, 2.05) is 0 Å². The molecule has 4 rings (SSSR count). The fourth-order valence-corrected chi connectivity index (χ4v) is 3.96. The highest BCUT2D eigenvalue weighted by molar-refractivity contribution is 5.73. The average Bonchev–Trinajstić information content (AvgIpc) is 3.17. The summed E-state index contributed by atoms with van der Waals surface area (Å²) in [6.45, 7) is 2.16. The van der Waals surface area contributed by atoms with Gasteiger partial charge in [-0.15, -0.1) is 0 Å². The molecule has 0 amide bonds. The summed E-state index contributed by atoms with van der Waals surface area (Å²) >= 11 is 0. The Morgan fingerprint density at radius 1 is 1.00 bits per heavy atom. The molecule has 31 heavy (non-hydrogen) atoms. The van der Waals surface area contributed by atoms with Crippen molar-refractivity contribution in [2.24, 2.45) is 5.41 Å². The second-order valence-electron chi connectivity index (χ2n) is 7.88. The highest BCUT2D eigenvalue weighted by Crippen LogP contribution is 2.49. The number of hydrogen-bond acceptors (Lipinski definition) is 3. The first kappa shape index (κ1) is 23.1. The number of alkyl halides is 3. The van der Waals surface area contributed by atoms with E-state index in [4.69, 9.17) is 14.6 Å². The number of nitrogens with one attached hydrogen (secondary N) is 1. The molecule has 2 aliphatic rings. The van der Waals surface area contributed by atoms with Crippen molar-refractivity contribution in [1.82, 2.24) is 5.32 Å². The first-order chi connectivity index (χ1) is 14.6. The van der Waals surface area contributed by atoms with Gasteiger partial charge in [0.1, 0.15) is 17.7 Å². The summed E-state index contributed by atoms with van der Waals surface area (Å²) < 4.78 is 64.6. The van der Waals surface area contributed by atoms with Gasteiger partial charge in [0.15, 0.2) is 0 Å². The predicted octanol–water partition coefficient (Wildman–Crippen LogP) is 4.85. The van der Waals surface area contributed by atoms with E-state index >= 15 is 0 Å². The summed E-state index contributed by atoms with van der Waals surface area (Å²) in [5.74, 6) is -3.29. The van der Waals surface area contributed by atoms with Gasteiger partial charge in [-0.25, -0.2) is 13.6 Å². The van der Waals surface area contributed by atoms with Gasteiger partial charge in [0.05, 0.1) is 6.10 Å². The molecule has 1 aliphatic heterocycles. The van der Waals surface area contributed by atoms with E-state index in [0.29, 0.717) is 5.41 Å². The Balaban J connectivity index is 0.000000339. The van der Waals surface area contributed by atoms with Crippen LogP contribution in [0.3, 0.4) is 0 Å². The van der Waals surface area contributed by atoms with Crippen LogP contribution in [0.1, 0.15) is 36.5 Å². The second-order valence-corrected chi connectivity index (χ2v) is 7.88. The lowest BCUT2D eigenvalue weighted by atomic mass is 9.66. The second kappa shape index (κ2) is 9.32. The van der Waals surface area contributed by atoms with Crippen molar-refractivity contribution in [3.63, 3.8) is 0 Å². The molecule has 9 heteroatoms. The standard InChI is InChI=1S/C20H21F2NO.C2HF3O2/c21-16-5-1-14(2-6-16)19(15-3-7-17(22)8-4-15)24-18-11-20(12-18)9-10-23-13-20;3-2(4,5)1(6)7/h1-8,18-19,23H,9-13H2;(H,6,7). The fourth-order valence-electron chi connectivity index (χ4n) is 3.96. The highest BCUT2D eigenvalue weighted by atomic mass is 19.4. The van der Waals surface area contributed by atoms with Crippen molar-refractivity contribution in [3.8, 4) is 0 Å². The first-order valence-electron chi connectivity index (χ1n) is 9.75. The smallest absolute Gasteiger partial charge is 0.475 e. The topological polar surface area (TPSA) is 58.6 Å². The van der Waals surface area contributed by atoms with Crippen LogP contribution in [-0.4, -0.2) is 36.4 Å². The minimum absolute atomic E-state index is 0.199. The van der Waals surface area contributed by atoms with Gasteiger partial charge in [0.2, 0.25) is 0 Å². The Kier molecular flexibility index (Phi) is 6.96. The van der Waals surface area contributed by atoms with E-state index in [9.17, 15) is 22.0 Å². The van der Waals surface area contributed by atoms with Crippen LogP contribution < -0.4 is 5.32 Å². The van der Waals surface area contributed by atoms with Crippen LogP contribution in [0.5, 0.6) is 0 Å². The van der Waals surface area contributed by atoms with Gasteiger partial charge < -0.3 is 15.2 Å². The third-order valence-corrected chi connectivity index (χ3v) is 5.57. The van der Waals surface area contributed by atoms with Crippen LogP contribution in [-0.2, 0) is 9.53 Å². The zero-order valence-electron chi connectivity index (χ0n) is 16.5. The van der Waals surface area contributed by atoms with Gasteiger partial charge in [0, 0.05) is 6.54 Å². The third-order valence-electron chi connectivity index (χ3n) is 5.57. The van der Waals surface area contributed by atoms with Crippen LogP contribution in [0, 0.1) is 17.0 Å². The molecular weight excluding hydrogens is 421 g/mol. The molecule has 0 atom stereocenters. The fraction of sp³-hybridized carbons (Fsp3) is 0.409. The Morgan fingerprint density at radius 3 is 1.81 bits per heavy atom. The quantitative estimate of drug-likeness (QED) is 0.664. The molecule has 0 bridgehead atoms. The zero-order valence-corrected chi connectivity index (χ0v) is 16.5. The largest absolute Gasteiger partial charge is 0.490 e. The maximum Gasteiger partial charge on any atom is 0.490 e. The summed E-state index contributed by atoms with van der Waals surface area (Å²) in [5, 5.41) is 10.6. The summed E-state index contributed by atoms with van der Waals surface area (Å²) in [4.78, 5) is 8.90. The van der Waals surface area contributed by atoms with E-state index in [1.54, 1.807) is 24.3 Å². The number of ether oxygens (including phenoxy) is 1. The number of carboxylic acids is 1. The SMILES string of the molecule is Fc1ccc(C(OC2CC3(CCNC3)C2)c2ccc(F)cc2)cc1.O=C(O)C(F)(F)F. The molecule has 0 radical (unpaired) electrons. The van der Waals surface area contributed by atoms with Gasteiger partial charge in [-0.3, -0.25) is 0 Å². The monoisotopic (exact) mass is 443 g/mol. The van der Waals surface area contributed by atoms with Crippen LogP contribution >= 0.6 is 0 Å². The van der Waals surface area contributed by atoms with Gasteiger partial charge >= 0.3 is 12.1 Å². The molecule has 1 saturated heterocycles. The number of rotatable bonds is 4. The maximum absolute atomic E-state index is 13.2. The molecule has 1 heterocycles. The van der Waals surface area contributed by atoms with E-state index in [-0.39, 0.29) is 23.8 Å². The number of benzene rings is 2. The minimum atomic E-state index is -5.08. The van der Waals surface area contributed by atoms with Crippen molar-refractivity contribution in [1.29, 1.82) is 0 Å². The van der Waals surface area contributed by atoms with Crippen molar-refractivity contribution in [2.45, 2.75) is 37.6 Å². The van der Waals surface area contributed by atoms with Crippen molar-refractivity contribution < 1.29 is 36.6 Å². The summed E-state index contributed by atoms with van der Waals surface area (Å²) in [6.07, 6.45) is -1.85. The maximum atomic E-state index is 13.2. The average molecular weight is 443 g/mol. The molecule has 2 aromatic carbocycles. The van der Waals surface area contributed by atoms with Crippen LogP contribution in [0.4, 0.5) is 22.0 Å². The lowest BCUT2D eigenvalue weighted by molar-refractivity contribution is -0.192. The molecular formula is C22H22F5NO3. The number of carbonyl (C=O) groups is 1. The molecule has 2 fully saturated rings. The molecule has 1 saturated carbocycles. The van der Waals surface area contributed by atoms with E-state index in [0.717, 1.165) is 37.1 Å². The number of hydrogen-bond donors (Lipinski definition) is 2. The van der Waals surface area contributed by atoms with Crippen molar-refractivity contribution in [2.75, 3.05) is 13.1 Å². The number of aliphatic carboxylic acids is 1. The summed E-state index contributed by atoms with van der Waals surface area (Å²) in [7, 11) is 0. The number of carboxylic acid groups (broad SMARTS) is 1. The van der Waals surface area contributed by atoms with Crippen molar-refractivity contribution >= 4 is 5.97 Å². The molecule has 2 aromatic rings. The molecule has 2 N–H and O–H groups in total. The Hall–Kier alpha value is -2.52. The minimum Gasteiger partial charge on any atom is -0.475 e. The lowest BCUT2D eigenvalue weighted by Gasteiger charge is -2.45. The van der Waals surface area contributed by atoms with Gasteiger partial charge in [-0.1, -0.05) is 24.3 Å². The van der Waals surface area contributed by atoms with E-state index < -0.39 is 12.1 Å². The van der Waals surface area contributed by atoms with Gasteiger partial charge in [-0.05, 0) is 66.6 Å². The molecule has 1 spiro atoms. The normalized spacial score (nSPS) is 22.7. The lowest BCUT2D eigenvalue weighted by Crippen LogP contribution is -2.44. The molecule has 4 nitrogen and oxygen atoms in total. The Bertz CT molecular complexity index is 824. The molecule has 0 aromatic heterocycles. The van der Waals surface area contributed by atoms with Gasteiger partial charge in [0.25, 0.3) is 0 Å². The summed E-state index contributed by atoms with van der Waals surface area (Å²) in [5.41, 5.74) is 2.20. The van der Waals surface area contributed by atoms with Crippen molar-refractivity contribution in [3.05, 3.63) is 71.3 Å².